The average Bonchev–Trinajstić information content (AvgIpc) is 2.59. The molecule has 0 saturated heterocycles. The van der Waals surface area contributed by atoms with Gasteiger partial charge in [0.2, 0.25) is 0 Å². The number of hydrogen-bond acceptors (Lipinski definition) is 3. The van der Waals surface area contributed by atoms with Crippen LogP contribution in [-0.2, 0) is 5.60 Å². The molecule has 22 heavy (non-hydrogen) atoms. The van der Waals surface area contributed by atoms with Crippen molar-refractivity contribution in [3.8, 4) is 5.75 Å². The topological polar surface area (TPSA) is 42.4 Å². The van der Waals surface area contributed by atoms with E-state index in [1.54, 1.807) is 18.3 Å². The maximum absolute atomic E-state index is 11.5. The monoisotopic (exact) mass is 337 g/mol. The Bertz CT molecular complexity index is 703. The van der Waals surface area contributed by atoms with E-state index in [-0.39, 0.29) is 5.41 Å². The quantitative estimate of drug-likeness (QED) is 0.836. The van der Waals surface area contributed by atoms with Gasteiger partial charge >= 0.3 is 0 Å². The summed E-state index contributed by atoms with van der Waals surface area (Å²) in [5.41, 5.74) is -0.342. The molecular formula is C17H17Cl2NO2. The molecule has 1 aromatic heterocycles. The van der Waals surface area contributed by atoms with Crippen LogP contribution in [0.2, 0.25) is 10.0 Å². The van der Waals surface area contributed by atoms with Crippen LogP contribution in [0.1, 0.15) is 31.5 Å². The van der Waals surface area contributed by atoms with Gasteiger partial charge in [-0.1, -0.05) is 49.2 Å². The summed E-state index contributed by atoms with van der Waals surface area (Å²) in [6.45, 7) is 4.53. The summed E-state index contributed by atoms with van der Waals surface area (Å²) in [4.78, 5) is 4.35. The Morgan fingerprint density at radius 3 is 2.64 bits per heavy atom. The Balaban J connectivity index is 2.26. The highest BCUT2D eigenvalue weighted by atomic mass is 35.5. The van der Waals surface area contributed by atoms with Gasteiger partial charge in [0.15, 0.2) is 0 Å². The van der Waals surface area contributed by atoms with E-state index in [9.17, 15) is 5.11 Å². The first-order valence-corrected chi connectivity index (χ1v) is 7.84. The van der Waals surface area contributed by atoms with E-state index in [0.717, 1.165) is 0 Å². The fraction of sp³-hybridized carbons (Fsp3) is 0.353. The van der Waals surface area contributed by atoms with Gasteiger partial charge in [-0.2, -0.15) is 0 Å². The number of aliphatic hydroxyl groups is 1. The highest BCUT2D eigenvalue weighted by Gasteiger charge is 2.44. The van der Waals surface area contributed by atoms with E-state index >= 15 is 0 Å². The molecule has 2 heterocycles. The van der Waals surface area contributed by atoms with Crippen molar-refractivity contribution in [2.45, 2.75) is 25.9 Å². The molecule has 2 aromatic rings. The molecule has 1 atom stereocenters. The van der Waals surface area contributed by atoms with E-state index in [1.165, 1.54) is 0 Å². The van der Waals surface area contributed by atoms with Crippen LogP contribution in [0.25, 0.3) is 0 Å². The summed E-state index contributed by atoms with van der Waals surface area (Å²) in [6, 6.07) is 8.93. The maximum atomic E-state index is 11.5. The summed E-state index contributed by atoms with van der Waals surface area (Å²) in [6.07, 6.45) is 2.14. The van der Waals surface area contributed by atoms with Crippen LogP contribution in [-0.4, -0.2) is 16.7 Å². The zero-order chi connectivity index (χ0) is 16.0. The van der Waals surface area contributed by atoms with E-state index in [4.69, 9.17) is 27.9 Å². The van der Waals surface area contributed by atoms with Crippen molar-refractivity contribution < 1.29 is 9.84 Å². The van der Waals surface area contributed by atoms with Crippen LogP contribution in [0.4, 0.5) is 0 Å². The molecule has 1 aliphatic rings. The molecule has 0 aliphatic carbocycles. The Morgan fingerprint density at radius 1 is 1.18 bits per heavy atom. The fourth-order valence-corrected chi connectivity index (χ4v) is 3.31. The summed E-state index contributed by atoms with van der Waals surface area (Å²) in [5.74, 6) is 0.438. The lowest BCUT2D eigenvalue weighted by Gasteiger charge is -2.32. The van der Waals surface area contributed by atoms with Gasteiger partial charge in [0.25, 0.3) is 0 Å². The Hall–Kier alpha value is -1.29. The normalized spacial score (nSPS) is 23.3. The fourth-order valence-electron chi connectivity index (χ4n) is 2.94. The number of aromatic nitrogens is 1. The molecule has 3 rings (SSSR count). The molecule has 0 bridgehead atoms. The van der Waals surface area contributed by atoms with E-state index in [0.29, 0.717) is 40.1 Å². The van der Waals surface area contributed by atoms with Crippen molar-refractivity contribution >= 4 is 23.2 Å². The lowest BCUT2D eigenvalue weighted by molar-refractivity contribution is 0.0265. The first-order valence-electron chi connectivity index (χ1n) is 7.09. The number of hydrogen-bond donors (Lipinski definition) is 1. The third kappa shape index (κ3) is 2.58. The lowest BCUT2D eigenvalue weighted by atomic mass is 9.76. The standard InChI is InChI=1S/C17H17Cl2NO2/c1-16(2)9-17(21,13-5-3-4-8-20-13)11-6-7-12(18)14(19)15(11)22-10-16/h3-8,21H,9-10H2,1-2H3. The predicted molar refractivity (Wildman–Crippen MR) is 87.6 cm³/mol. The van der Waals surface area contributed by atoms with Crippen molar-refractivity contribution in [1.29, 1.82) is 0 Å². The van der Waals surface area contributed by atoms with Crippen LogP contribution in [0, 0.1) is 5.41 Å². The van der Waals surface area contributed by atoms with Crippen molar-refractivity contribution in [2.24, 2.45) is 5.41 Å². The molecule has 1 aromatic carbocycles. The van der Waals surface area contributed by atoms with Gasteiger partial charge in [-0.15, -0.1) is 0 Å². The van der Waals surface area contributed by atoms with Crippen LogP contribution in [0.3, 0.4) is 0 Å². The Labute approximate surface area is 139 Å². The zero-order valence-corrected chi connectivity index (χ0v) is 13.9. The predicted octanol–water partition coefficient (Wildman–Crippen LogP) is 4.43. The average molecular weight is 338 g/mol. The third-order valence-electron chi connectivity index (χ3n) is 3.93. The first-order chi connectivity index (χ1) is 10.3. The zero-order valence-electron chi connectivity index (χ0n) is 12.4. The minimum atomic E-state index is -1.27. The molecule has 5 heteroatoms. The highest BCUT2D eigenvalue weighted by molar-refractivity contribution is 6.43. The molecule has 0 radical (unpaired) electrons. The van der Waals surface area contributed by atoms with E-state index < -0.39 is 5.60 Å². The van der Waals surface area contributed by atoms with Crippen LogP contribution in [0.15, 0.2) is 36.5 Å². The minimum absolute atomic E-state index is 0.249. The van der Waals surface area contributed by atoms with Gasteiger partial charge in [0, 0.05) is 17.2 Å². The molecule has 116 valence electrons. The highest BCUT2D eigenvalue weighted by Crippen LogP contribution is 2.49. The SMILES string of the molecule is CC1(C)COc2c(ccc(Cl)c2Cl)C(O)(c2ccccn2)C1. The maximum Gasteiger partial charge on any atom is 0.145 e. The number of rotatable bonds is 1. The molecule has 1 aliphatic heterocycles. The minimum Gasteiger partial charge on any atom is -0.491 e. The largest absolute Gasteiger partial charge is 0.491 e. The number of nitrogens with zero attached hydrogens (tertiary/aromatic N) is 1. The van der Waals surface area contributed by atoms with E-state index in [2.05, 4.69) is 4.98 Å². The van der Waals surface area contributed by atoms with Crippen LogP contribution < -0.4 is 4.74 Å². The molecule has 3 nitrogen and oxygen atoms in total. The molecular weight excluding hydrogens is 321 g/mol. The molecule has 0 amide bonds. The molecule has 1 N–H and O–H groups in total. The van der Waals surface area contributed by atoms with Crippen LogP contribution in [0.5, 0.6) is 5.75 Å². The summed E-state index contributed by atoms with van der Waals surface area (Å²) in [7, 11) is 0. The number of benzene rings is 1. The lowest BCUT2D eigenvalue weighted by Crippen LogP contribution is -2.34. The van der Waals surface area contributed by atoms with Gasteiger partial charge in [0.1, 0.15) is 16.4 Å². The van der Waals surface area contributed by atoms with Crippen molar-refractivity contribution in [3.63, 3.8) is 0 Å². The second-order valence-corrected chi connectivity index (χ2v) is 7.23. The van der Waals surface area contributed by atoms with Gasteiger partial charge in [-0.25, -0.2) is 0 Å². The van der Waals surface area contributed by atoms with Gasteiger partial charge in [0.05, 0.1) is 17.3 Å². The Morgan fingerprint density at radius 2 is 1.95 bits per heavy atom. The van der Waals surface area contributed by atoms with Crippen LogP contribution >= 0.6 is 23.2 Å². The molecule has 0 spiro atoms. The molecule has 0 fully saturated rings. The molecule has 1 unspecified atom stereocenters. The second kappa shape index (κ2) is 5.41. The van der Waals surface area contributed by atoms with Crippen molar-refractivity contribution in [3.05, 3.63) is 57.8 Å². The van der Waals surface area contributed by atoms with Gasteiger partial charge < -0.3 is 9.84 Å². The number of pyridine rings is 1. The van der Waals surface area contributed by atoms with Gasteiger partial charge in [-0.3, -0.25) is 4.98 Å². The second-order valence-electron chi connectivity index (χ2n) is 6.44. The van der Waals surface area contributed by atoms with Crippen molar-refractivity contribution in [1.82, 2.24) is 4.98 Å². The number of fused-ring (bicyclic) bond motifs is 1. The summed E-state index contributed by atoms with van der Waals surface area (Å²) < 4.78 is 5.89. The van der Waals surface area contributed by atoms with E-state index in [1.807, 2.05) is 32.0 Å². The summed E-state index contributed by atoms with van der Waals surface area (Å²) >= 11 is 12.4. The van der Waals surface area contributed by atoms with Crippen molar-refractivity contribution in [2.75, 3.05) is 6.61 Å². The first kappa shape index (κ1) is 15.6. The third-order valence-corrected chi connectivity index (χ3v) is 4.71. The van der Waals surface area contributed by atoms with Gasteiger partial charge in [-0.05, 0) is 24.6 Å². The Kier molecular flexibility index (Phi) is 3.84. The smallest absolute Gasteiger partial charge is 0.145 e. The number of halogens is 2. The summed E-state index contributed by atoms with van der Waals surface area (Å²) in [5, 5.41) is 12.2. The number of ether oxygens (including phenoxy) is 1. The molecule has 0 saturated carbocycles.